The number of aryl methyl sites for hydroxylation is 1. The normalized spacial score (nSPS) is 15.0. The van der Waals surface area contributed by atoms with Gasteiger partial charge in [0.1, 0.15) is 5.75 Å². The topological polar surface area (TPSA) is 66.5 Å². The molecule has 1 aromatic carbocycles. The average Bonchev–Trinajstić information content (AvgIpc) is 2.21. The van der Waals surface area contributed by atoms with Crippen LogP contribution in [0, 0.1) is 6.92 Å². The van der Waals surface area contributed by atoms with Gasteiger partial charge in [0.15, 0.2) is 0 Å². The van der Waals surface area contributed by atoms with E-state index in [9.17, 15) is 10.2 Å². The lowest BCUT2D eigenvalue weighted by molar-refractivity contribution is 0.139. The van der Waals surface area contributed by atoms with Gasteiger partial charge in [-0.2, -0.15) is 0 Å². The number of nitrogens with two attached hydrogens (primary N) is 1. The van der Waals surface area contributed by atoms with E-state index in [1.165, 1.54) is 0 Å². The van der Waals surface area contributed by atoms with Crippen LogP contribution in [0.2, 0.25) is 5.02 Å². The Balaban J connectivity index is 3.13. The van der Waals surface area contributed by atoms with E-state index in [1.54, 1.807) is 19.1 Å². The monoisotopic (exact) mass is 229 g/mol. The molecular formula is C11H16ClNO2. The summed E-state index contributed by atoms with van der Waals surface area (Å²) in [6.45, 7) is 3.58. The molecule has 0 fully saturated rings. The van der Waals surface area contributed by atoms with Crippen molar-refractivity contribution < 1.29 is 10.2 Å². The van der Waals surface area contributed by atoms with Crippen LogP contribution in [0.3, 0.4) is 0 Å². The first-order chi connectivity index (χ1) is 6.97. The lowest BCUT2D eigenvalue weighted by atomic mass is 9.98. The molecule has 0 unspecified atom stereocenters. The Hall–Kier alpha value is -0.770. The molecule has 1 aromatic rings. The van der Waals surface area contributed by atoms with E-state index < -0.39 is 12.1 Å². The summed E-state index contributed by atoms with van der Waals surface area (Å²) in [6.07, 6.45) is -0.139. The quantitative estimate of drug-likeness (QED) is 0.744. The van der Waals surface area contributed by atoms with E-state index >= 15 is 0 Å². The van der Waals surface area contributed by atoms with Crippen LogP contribution in [0.5, 0.6) is 5.75 Å². The van der Waals surface area contributed by atoms with Gasteiger partial charge in [-0.1, -0.05) is 18.5 Å². The molecule has 0 aliphatic carbocycles. The van der Waals surface area contributed by atoms with Crippen LogP contribution in [0.15, 0.2) is 12.1 Å². The highest BCUT2D eigenvalue weighted by Gasteiger charge is 2.19. The van der Waals surface area contributed by atoms with E-state index in [1.807, 2.05) is 6.92 Å². The zero-order chi connectivity index (χ0) is 11.6. The fourth-order valence-corrected chi connectivity index (χ4v) is 1.76. The molecule has 84 valence electrons. The molecule has 0 saturated carbocycles. The summed E-state index contributed by atoms with van der Waals surface area (Å²) in [4.78, 5) is 0. The summed E-state index contributed by atoms with van der Waals surface area (Å²) in [5, 5.41) is 19.9. The predicted octanol–water partition coefficient (Wildman–Crippen LogP) is 2.12. The van der Waals surface area contributed by atoms with Crippen LogP contribution >= 0.6 is 11.6 Å². The van der Waals surface area contributed by atoms with E-state index in [0.717, 1.165) is 0 Å². The van der Waals surface area contributed by atoms with Crippen LogP contribution in [0.1, 0.15) is 30.5 Å². The van der Waals surface area contributed by atoms with Gasteiger partial charge < -0.3 is 15.9 Å². The second kappa shape index (κ2) is 4.84. The molecule has 4 heteroatoms. The number of benzene rings is 1. The van der Waals surface area contributed by atoms with E-state index in [0.29, 0.717) is 22.6 Å². The smallest absolute Gasteiger partial charge is 0.123 e. The average molecular weight is 230 g/mol. The second-order valence-corrected chi connectivity index (χ2v) is 4.10. The fraction of sp³-hybridized carbons (Fsp3) is 0.455. The zero-order valence-corrected chi connectivity index (χ0v) is 9.62. The summed E-state index contributed by atoms with van der Waals surface area (Å²) in [6, 6.07) is 2.64. The van der Waals surface area contributed by atoms with Gasteiger partial charge in [0.2, 0.25) is 0 Å². The zero-order valence-electron chi connectivity index (χ0n) is 8.87. The Kier molecular flexibility index (Phi) is 3.97. The molecule has 0 bridgehead atoms. The molecule has 0 aliphatic heterocycles. The van der Waals surface area contributed by atoms with Crippen LogP contribution in [0.4, 0.5) is 0 Å². The number of aliphatic hydroxyl groups is 1. The lowest BCUT2D eigenvalue weighted by Gasteiger charge is -2.19. The molecule has 4 N–H and O–H groups in total. The largest absolute Gasteiger partial charge is 0.507 e. The Morgan fingerprint density at radius 1 is 1.47 bits per heavy atom. The third kappa shape index (κ3) is 2.62. The molecule has 0 heterocycles. The van der Waals surface area contributed by atoms with Gasteiger partial charge in [-0.25, -0.2) is 0 Å². The second-order valence-electron chi connectivity index (χ2n) is 3.66. The summed E-state index contributed by atoms with van der Waals surface area (Å²) in [5.74, 6) is 0.111. The number of phenols is 1. The number of hydrogen-bond acceptors (Lipinski definition) is 3. The minimum absolute atomic E-state index is 0.111. The minimum atomic E-state index is -0.672. The van der Waals surface area contributed by atoms with Crippen LogP contribution in [0.25, 0.3) is 0 Å². The van der Waals surface area contributed by atoms with E-state index in [-0.39, 0.29) is 5.75 Å². The number of phenolic OH excluding ortho intramolecular Hbond substituents is 1. The number of halogens is 1. The van der Waals surface area contributed by atoms with Crippen molar-refractivity contribution in [3.05, 3.63) is 28.3 Å². The van der Waals surface area contributed by atoms with Crippen LogP contribution in [-0.4, -0.2) is 16.3 Å². The third-order valence-electron chi connectivity index (χ3n) is 2.49. The molecule has 0 aliphatic rings. The molecule has 0 spiro atoms. The van der Waals surface area contributed by atoms with Crippen LogP contribution in [-0.2, 0) is 0 Å². The highest BCUT2D eigenvalue weighted by molar-refractivity contribution is 6.30. The Bertz CT molecular complexity index is 355. The maximum atomic E-state index is 9.79. The molecule has 0 amide bonds. The number of rotatable bonds is 3. The van der Waals surface area contributed by atoms with Crippen molar-refractivity contribution in [2.75, 3.05) is 0 Å². The van der Waals surface area contributed by atoms with Gasteiger partial charge in [-0.05, 0) is 31.0 Å². The number of hydrogen-bond donors (Lipinski definition) is 3. The number of aromatic hydroxyl groups is 1. The maximum absolute atomic E-state index is 9.79. The van der Waals surface area contributed by atoms with Crippen molar-refractivity contribution in [1.82, 2.24) is 0 Å². The van der Waals surface area contributed by atoms with Gasteiger partial charge in [0.25, 0.3) is 0 Å². The molecule has 15 heavy (non-hydrogen) atoms. The van der Waals surface area contributed by atoms with Crippen molar-refractivity contribution in [1.29, 1.82) is 0 Å². The first-order valence-corrected chi connectivity index (χ1v) is 5.27. The predicted molar refractivity (Wildman–Crippen MR) is 61.1 cm³/mol. The minimum Gasteiger partial charge on any atom is -0.507 e. The van der Waals surface area contributed by atoms with Crippen molar-refractivity contribution in [3.63, 3.8) is 0 Å². The third-order valence-corrected chi connectivity index (χ3v) is 2.70. The summed E-state index contributed by atoms with van der Waals surface area (Å²) >= 11 is 5.87. The van der Waals surface area contributed by atoms with Crippen LogP contribution < -0.4 is 5.73 Å². The van der Waals surface area contributed by atoms with Crippen molar-refractivity contribution in [3.8, 4) is 5.75 Å². The molecule has 2 atom stereocenters. The fourth-order valence-electron chi connectivity index (χ4n) is 1.48. The lowest BCUT2D eigenvalue weighted by Crippen LogP contribution is -2.25. The van der Waals surface area contributed by atoms with Gasteiger partial charge in [-0.3, -0.25) is 0 Å². The molecule has 0 saturated heterocycles. The molecule has 1 rings (SSSR count). The summed E-state index contributed by atoms with van der Waals surface area (Å²) < 4.78 is 0. The van der Waals surface area contributed by atoms with Crippen molar-refractivity contribution in [2.24, 2.45) is 5.73 Å². The Labute approximate surface area is 94.5 Å². The maximum Gasteiger partial charge on any atom is 0.123 e. The highest BCUT2D eigenvalue weighted by atomic mass is 35.5. The van der Waals surface area contributed by atoms with Gasteiger partial charge >= 0.3 is 0 Å². The van der Waals surface area contributed by atoms with Crippen molar-refractivity contribution >= 4 is 11.6 Å². The van der Waals surface area contributed by atoms with Gasteiger partial charge in [0.05, 0.1) is 12.1 Å². The number of aliphatic hydroxyl groups excluding tert-OH is 1. The Morgan fingerprint density at radius 2 is 2.07 bits per heavy atom. The van der Waals surface area contributed by atoms with E-state index in [4.69, 9.17) is 17.3 Å². The van der Waals surface area contributed by atoms with Gasteiger partial charge in [-0.15, -0.1) is 0 Å². The highest BCUT2D eigenvalue weighted by Crippen LogP contribution is 2.31. The summed E-state index contributed by atoms with van der Waals surface area (Å²) in [5.41, 5.74) is 6.98. The van der Waals surface area contributed by atoms with Crippen molar-refractivity contribution in [2.45, 2.75) is 32.4 Å². The van der Waals surface area contributed by atoms with E-state index in [2.05, 4.69) is 0 Å². The first-order valence-electron chi connectivity index (χ1n) is 4.90. The standard InChI is InChI=1S/C11H16ClNO2/c1-3-9(14)10(13)8-5-7(12)4-6(2)11(8)15/h4-5,9-10,14-15H,3,13H2,1-2H3/t9-,10+/m0/s1. The molecule has 3 nitrogen and oxygen atoms in total. The first kappa shape index (κ1) is 12.3. The molecule has 0 aromatic heterocycles. The SMILES string of the molecule is CC[C@H](O)[C@H](N)c1cc(Cl)cc(C)c1O. The Morgan fingerprint density at radius 3 is 2.60 bits per heavy atom. The van der Waals surface area contributed by atoms with Gasteiger partial charge in [0, 0.05) is 10.6 Å². The summed E-state index contributed by atoms with van der Waals surface area (Å²) in [7, 11) is 0. The molecule has 0 radical (unpaired) electrons. The molecular weight excluding hydrogens is 214 g/mol.